The Bertz CT molecular complexity index is 1080. The Morgan fingerprint density at radius 3 is 2.66 bits per heavy atom. The van der Waals surface area contributed by atoms with Crippen LogP contribution in [-0.2, 0) is 16.0 Å². The van der Waals surface area contributed by atoms with E-state index in [9.17, 15) is 19.7 Å². The lowest BCUT2D eigenvalue weighted by molar-refractivity contribution is -0.384. The Kier molecular flexibility index (Phi) is 5.26. The van der Waals surface area contributed by atoms with Crippen molar-refractivity contribution in [3.63, 3.8) is 0 Å². The van der Waals surface area contributed by atoms with E-state index >= 15 is 0 Å². The van der Waals surface area contributed by atoms with E-state index in [1.807, 2.05) is 28.0 Å². The maximum atomic E-state index is 13.3. The molecule has 2 amide bonds. The fraction of sp³-hybridized carbons (Fsp3) is 0.391. The summed E-state index contributed by atoms with van der Waals surface area (Å²) in [6, 6.07) is 12.4. The molecular weight excluding hydrogens is 412 g/mol. The number of hydrogen-bond donors (Lipinski definition) is 0. The van der Waals surface area contributed by atoms with E-state index in [-0.39, 0.29) is 35.7 Å². The molecule has 0 bridgehead atoms. The second-order valence-electron chi connectivity index (χ2n) is 8.30. The highest BCUT2D eigenvalue weighted by atomic mass is 16.6. The van der Waals surface area contributed by atoms with Crippen LogP contribution >= 0.6 is 0 Å². The van der Waals surface area contributed by atoms with Crippen molar-refractivity contribution in [3.05, 3.63) is 69.3 Å². The van der Waals surface area contributed by atoms with Crippen LogP contribution in [0.4, 0.5) is 11.4 Å². The molecule has 0 saturated carbocycles. The Hall–Kier alpha value is -3.46. The topological polar surface area (TPSA) is 96.2 Å². The number of rotatable bonds is 3. The van der Waals surface area contributed by atoms with Crippen LogP contribution in [0.2, 0.25) is 0 Å². The van der Waals surface area contributed by atoms with Gasteiger partial charge >= 0.3 is 0 Å². The van der Waals surface area contributed by atoms with Crippen molar-refractivity contribution in [2.24, 2.45) is 0 Å². The first-order valence-corrected chi connectivity index (χ1v) is 10.8. The number of nitro groups is 1. The number of piperazine rings is 1. The van der Waals surface area contributed by atoms with E-state index in [1.54, 1.807) is 12.1 Å². The SMILES string of the molecule is O=C(c1ccc(N2CCOCC2)c([N+](=O)[O-])c1)N1CC(=O)N2CCc3ccccc3C2C1. The molecule has 0 aliphatic carbocycles. The van der Waals surface area contributed by atoms with E-state index < -0.39 is 4.92 Å². The van der Waals surface area contributed by atoms with Gasteiger partial charge in [-0.25, -0.2) is 0 Å². The fourth-order valence-corrected chi connectivity index (χ4v) is 4.89. The van der Waals surface area contributed by atoms with Crippen LogP contribution in [0.5, 0.6) is 0 Å². The van der Waals surface area contributed by atoms with Crippen molar-refractivity contribution in [2.75, 3.05) is 50.8 Å². The van der Waals surface area contributed by atoms with Crippen molar-refractivity contribution in [1.29, 1.82) is 0 Å². The summed E-state index contributed by atoms with van der Waals surface area (Å²) in [5.41, 5.74) is 2.86. The van der Waals surface area contributed by atoms with Gasteiger partial charge in [-0.05, 0) is 29.7 Å². The molecule has 9 nitrogen and oxygen atoms in total. The molecule has 166 valence electrons. The molecule has 3 aliphatic rings. The lowest BCUT2D eigenvalue weighted by atomic mass is 9.90. The Morgan fingerprint density at radius 2 is 1.88 bits per heavy atom. The van der Waals surface area contributed by atoms with Gasteiger partial charge in [0.2, 0.25) is 5.91 Å². The van der Waals surface area contributed by atoms with Gasteiger partial charge in [-0.15, -0.1) is 0 Å². The summed E-state index contributed by atoms with van der Waals surface area (Å²) in [5, 5.41) is 11.8. The number of carbonyl (C=O) groups is 2. The number of ether oxygens (including phenoxy) is 1. The summed E-state index contributed by atoms with van der Waals surface area (Å²) in [7, 11) is 0. The van der Waals surface area contributed by atoms with E-state index in [1.165, 1.54) is 16.5 Å². The Labute approximate surface area is 185 Å². The average molecular weight is 436 g/mol. The minimum atomic E-state index is -0.456. The Balaban J connectivity index is 1.42. The molecule has 0 aromatic heterocycles. The predicted molar refractivity (Wildman–Crippen MR) is 117 cm³/mol. The second kappa shape index (κ2) is 8.23. The quantitative estimate of drug-likeness (QED) is 0.540. The average Bonchev–Trinajstić information content (AvgIpc) is 2.83. The van der Waals surface area contributed by atoms with E-state index in [0.29, 0.717) is 45.1 Å². The molecule has 3 aliphatic heterocycles. The highest BCUT2D eigenvalue weighted by molar-refractivity contribution is 5.98. The van der Waals surface area contributed by atoms with Gasteiger partial charge in [0, 0.05) is 37.8 Å². The van der Waals surface area contributed by atoms with Gasteiger partial charge in [-0.2, -0.15) is 0 Å². The number of nitrogens with zero attached hydrogens (tertiary/aromatic N) is 4. The monoisotopic (exact) mass is 436 g/mol. The van der Waals surface area contributed by atoms with Gasteiger partial charge in [0.05, 0.1) is 24.2 Å². The van der Waals surface area contributed by atoms with Crippen LogP contribution < -0.4 is 4.90 Å². The van der Waals surface area contributed by atoms with Gasteiger partial charge in [0.25, 0.3) is 11.6 Å². The zero-order valence-electron chi connectivity index (χ0n) is 17.6. The molecular formula is C23H24N4O5. The van der Waals surface area contributed by atoms with Gasteiger partial charge < -0.3 is 19.4 Å². The normalized spacial score (nSPS) is 20.6. The summed E-state index contributed by atoms with van der Waals surface area (Å²) in [6.07, 6.45) is 0.807. The lowest BCUT2D eigenvalue weighted by Gasteiger charge is -2.44. The standard InChI is InChI=1S/C23H24N4O5/c28-22-15-25(14-21-18-4-2-1-3-16(18)7-8-26(21)22)23(29)17-5-6-19(20(13-17)27(30)31)24-9-11-32-12-10-24/h1-6,13,21H,7-12,14-15H2. The number of benzene rings is 2. The highest BCUT2D eigenvalue weighted by Crippen LogP contribution is 2.34. The molecule has 2 aromatic rings. The van der Waals surface area contributed by atoms with Crippen molar-refractivity contribution in [2.45, 2.75) is 12.5 Å². The molecule has 2 aromatic carbocycles. The molecule has 1 atom stereocenters. The first-order valence-electron chi connectivity index (χ1n) is 10.8. The van der Waals surface area contributed by atoms with Crippen LogP contribution in [0.25, 0.3) is 0 Å². The number of nitro benzene ring substituents is 1. The first kappa shape index (κ1) is 20.4. The largest absolute Gasteiger partial charge is 0.378 e. The number of anilines is 1. The van der Waals surface area contributed by atoms with Gasteiger partial charge in [0.15, 0.2) is 0 Å². The molecule has 1 unspecified atom stereocenters. The third kappa shape index (κ3) is 3.58. The molecule has 2 saturated heterocycles. The number of fused-ring (bicyclic) bond motifs is 3. The molecule has 9 heteroatoms. The zero-order valence-corrected chi connectivity index (χ0v) is 17.6. The molecule has 0 N–H and O–H groups in total. The van der Waals surface area contributed by atoms with Gasteiger partial charge in [-0.1, -0.05) is 24.3 Å². The smallest absolute Gasteiger partial charge is 0.293 e. The molecule has 0 radical (unpaired) electrons. The summed E-state index contributed by atoms with van der Waals surface area (Å²) >= 11 is 0. The summed E-state index contributed by atoms with van der Waals surface area (Å²) in [5.74, 6) is -0.457. The fourth-order valence-electron chi connectivity index (χ4n) is 4.89. The minimum Gasteiger partial charge on any atom is -0.378 e. The summed E-state index contributed by atoms with van der Waals surface area (Å²) in [6.45, 7) is 3.14. The van der Waals surface area contributed by atoms with Crippen LogP contribution in [0, 0.1) is 10.1 Å². The van der Waals surface area contributed by atoms with E-state index in [4.69, 9.17) is 4.74 Å². The van der Waals surface area contributed by atoms with Crippen molar-refractivity contribution < 1.29 is 19.2 Å². The highest BCUT2D eigenvalue weighted by Gasteiger charge is 2.39. The van der Waals surface area contributed by atoms with Crippen LogP contribution in [-0.4, -0.2) is 72.5 Å². The van der Waals surface area contributed by atoms with Crippen molar-refractivity contribution >= 4 is 23.2 Å². The van der Waals surface area contributed by atoms with Gasteiger partial charge in [-0.3, -0.25) is 19.7 Å². The summed E-state index contributed by atoms with van der Waals surface area (Å²) < 4.78 is 5.33. The number of hydrogen-bond acceptors (Lipinski definition) is 6. The van der Waals surface area contributed by atoms with Crippen LogP contribution in [0.3, 0.4) is 0 Å². The third-order valence-electron chi connectivity index (χ3n) is 6.51. The zero-order chi connectivity index (χ0) is 22.2. The van der Waals surface area contributed by atoms with E-state index in [2.05, 4.69) is 6.07 Å². The number of morpholine rings is 1. The molecule has 32 heavy (non-hydrogen) atoms. The maximum absolute atomic E-state index is 13.3. The lowest BCUT2D eigenvalue weighted by Crippen LogP contribution is -2.55. The summed E-state index contributed by atoms with van der Waals surface area (Å²) in [4.78, 5) is 42.7. The first-order chi connectivity index (χ1) is 15.5. The van der Waals surface area contributed by atoms with Gasteiger partial charge in [0.1, 0.15) is 12.2 Å². The van der Waals surface area contributed by atoms with Crippen molar-refractivity contribution in [3.8, 4) is 0 Å². The van der Waals surface area contributed by atoms with E-state index in [0.717, 1.165) is 12.0 Å². The minimum absolute atomic E-state index is 0.0173. The molecule has 2 fully saturated rings. The number of carbonyl (C=O) groups excluding carboxylic acids is 2. The van der Waals surface area contributed by atoms with Crippen LogP contribution in [0.1, 0.15) is 27.5 Å². The second-order valence-corrected chi connectivity index (χ2v) is 8.30. The molecule has 3 heterocycles. The number of amides is 2. The van der Waals surface area contributed by atoms with Crippen LogP contribution in [0.15, 0.2) is 42.5 Å². The molecule has 5 rings (SSSR count). The molecule has 0 spiro atoms. The third-order valence-corrected chi connectivity index (χ3v) is 6.51. The Morgan fingerprint density at radius 1 is 1.09 bits per heavy atom. The maximum Gasteiger partial charge on any atom is 0.293 e. The van der Waals surface area contributed by atoms with Crippen molar-refractivity contribution in [1.82, 2.24) is 9.80 Å². The predicted octanol–water partition coefficient (Wildman–Crippen LogP) is 2.01.